The molecule has 1 heterocycles. The molecule has 1 atom stereocenters. The molecule has 1 aliphatic heterocycles. The first-order valence-corrected chi connectivity index (χ1v) is 7.91. The summed E-state index contributed by atoms with van der Waals surface area (Å²) in [6, 6.07) is 14.6. The van der Waals surface area contributed by atoms with Gasteiger partial charge in [0, 0.05) is 3.57 Å². The van der Waals surface area contributed by atoms with Crippen LogP contribution in [0.15, 0.2) is 42.5 Å². The van der Waals surface area contributed by atoms with Crippen molar-refractivity contribution in [2.24, 2.45) is 0 Å². The van der Waals surface area contributed by atoms with Gasteiger partial charge in [0.25, 0.3) is 0 Å². The Morgan fingerprint density at radius 3 is 2.79 bits per heavy atom. The molecule has 1 unspecified atom stereocenters. The third kappa shape index (κ3) is 2.90. The van der Waals surface area contributed by atoms with Crippen LogP contribution in [0.5, 0.6) is 5.75 Å². The molecule has 0 radical (unpaired) electrons. The quantitative estimate of drug-likeness (QED) is 0.526. The molecule has 0 bridgehead atoms. The summed E-state index contributed by atoms with van der Waals surface area (Å²) < 4.78 is 6.85. The SMILES string of the molecule is ClC(c1cccc(I)c1)c1ccc2c(c1)CCCO2. The van der Waals surface area contributed by atoms with E-state index in [0.29, 0.717) is 0 Å². The molecule has 3 rings (SSSR count). The Labute approximate surface area is 132 Å². The van der Waals surface area contributed by atoms with Gasteiger partial charge in [-0.2, -0.15) is 0 Å². The molecule has 3 heteroatoms. The third-order valence-corrected chi connectivity index (χ3v) is 4.54. The molecule has 0 saturated heterocycles. The Hall–Kier alpha value is -0.740. The van der Waals surface area contributed by atoms with Crippen molar-refractivity contribution < 1.29 is 4.74 Å². The van der Waals surface area contributed by atoms with Gasteiger partial charge < -0.3 is 4.74 Å². The number of alkyl halides is 1. The molecule has 1 nitrogen and oxygen atoms in total. The molecular formula is C16H14ClIO. The minimum atomic E-state index is -0.0954. The number of benzene rings is 2. The molecule has 0 spiro atoms. The predicted octanol–water partition coefficient (Wildman–Crippen LogP) is 4.94. The highest BCUT2D eigenvalue weighted by Gasteiger charge is 2.15. The van der Waals surface area contributed by atoms with Crippen molar-refractivity contribution in [1.82, 2.24) is 0 Å². The zero-order valence-corrected chi connectivity index (χ0v) is 13.3. The molecule has 0 N–H and O–H groups in total. The van der Waals surface area contributed by atoms with Crippen LogP contribution >= 0.6 is 34.2 Å². The zero-order chi connectivity index (χ0) is 13.2. The van der Waals surface area contributed by atoms with Crippen molar-refractivity contribution in [2.75, 3.05) is 6.61 Å². The second kappa shape index (κ2) is 5.71. The van der Waals surface area contributed by atoms with Crippen molar-refractivity contribution in [3.63, 3.8) is 0 Å². The monoisotopic (exact) mass is 384 g/mol. The number of fused-ring (bicyclic) bond motifs is 1. The summed E-state index contributed by atoms with van der Waals surface area (Å²) in [6.07, 6.45) is 2.17. The van der Waals surface area contributed by atoms with Crippen LogP contribution in [-0.4, -0.2) is 6.61 Å². The lowest BCUT2D eigenvalue weighted by Crippen LogP contribution is -2.09. The Kier molecular flexibility index (Phi) is 3.99. The molecule has 0 saturated carbocycles. The molecule has 19 heavy (non-hydrogen) atoms. The molecule has 0 fully saturated rings. The summed E-state index contributed by atoms with van der Waals surface area (Å²) in [5.41, 5.74) is 3.57. The third-order valence-electron chi connectivity index (χ3n) is 3.37. The Morgan fingerprint density at radius 2 is 1.95 bits per heavy atom. The van der Waals surface area contributed by atoms with Gasteiger partial charge in [-0.15, -0.1) is 11.6 Å². The van der Waals surface area contributed by atoms with Crippen LogP contribution in [-0.2, 0) is 6.42 Å². The Morgan fingerprint density at radius 1 is 1.11 bits per heavy atom. The molecule has 1 aliphatic rings. The van der Waals surface area contributed by atoms with E-state index >= 15 is 0 Å². The van der Waals surface area contributed by atoms with Gasteiger partial charge in [0.1, 0.15) is 5.75 Å². The van der Waals surface area contributed by atoms with Crippen molar-refractivity contribution in [3.05, 3.63) is 62.7 Å². The van der Waals surface area contributed by atoms with Crippen LogP contribution in [0.1, 0.15) is 28.5 Å². The number of aryl methyl sites for hydroxylation is 1. The van der Waals surface area contributed by atoms with Gasteiger partial charge in [0.05, 0.1) is 12.0 Å². The Balaban J connectivity index is 1.93. The Bertz CT molecular complexity index is 597. The molecular weight excluding hydrogens is 371 g/mol. The van der Waals surface area contributed by atoms with E-state index < -0.39 is 0 Å². The smallest absolute Gasteiger partial charge is 0.122 e. The van der Waals surface area contributed by atoms with Gasteiger partial charge in [-0.05, 0) is 70.3 Å². The summed E-state index contributed by atoms with van der Waals surface area (Å²) in [5.74, 6) is 1.02. The second-order valence-electron chi connectivity index (χ2n) is 4.74. The summed E-state index contributed by atoms with van der Waals surface area (Å²) in [5, 5.41) is -0.0954. The molecule has 0 amide bonds. The first-order chi connectivity index (χ1) is 9.24. The van der Waals surface area contributed by atoms with Gasteiger partial charge in [0.15, 0.2) is 0 Å². The van der Waals surface area contributed by atoms with E-state index in [2.05, 4.69) is 52.9 Å². The van der Waals surface area contributed by atoms with Gasteiger partial charge in [-0.25, -0.2) is 0 Å². The van der Waals surface area contributed by atoms with E-state index in [0.717, 1.165) is 36.3 Å². The highest BCUT2D eigenvalue weighted by atomic mass is 127. The summed E-state index contributed by atoms with van der Waals surface area (Å²) in [4.78, 5) is 0. The van der Waals surface area contributed by atoms with Crippen LogP contribution in [0.25, 0.3) is 0 Å². The fourth-order valence-electron chi connectivity index (χ4n) is 2.39. The fourth-order valence-corrected chi connectivity index (χ4v) is 3.23. The largest absolute Gasteiger partial charge is 0.493 e. The van der Waals surface area contributed by atoms with Crippen LogP contribution in [0.3, 0.4) is 0 Å². The highest BCUT2D eigenvalue weighted by molar-refractivity contribution is 14.1. The van der Waals surface area contributed by atoms with E-state index in [1.54, 1.807) is 0 Å². The molecule has 2 aromatic rings. The zero-order valence-electron chi connectivity index (χ0n) is 10.4. The van der Waals surface area contributed by atoms with Crippen LogP contribution in [0, 0.1) is 3.57 Å². The predicted molar refractivity (Wildman–Crippen MR) is 87.1 cm³/mol. The summed E-state index contributed by atoms with van der Waals surface area (Å²) in [7, 11) is 0. The maximum absolute atomic E-state index is 6.60. The van der Waals surface area contributed by atoms with Crippen molar-refractivity contribution >= 4 is 34.2 Å². The van der Waals surface area contributed by atoms with E-state index in [9.17, 15) is 0 Å². The normalized spacial score (nSPS) is 15.5. The highest BCUT2D eigenvalue weighted by Crippen LogP contribution is 2.34. The lowest BCUT2D eigenvalue weighted by atomic mass is 9.99. The maximum Gasteiger partial charge on any atom is 0.122 e. The van der Waals surface area contributed by atoms with Gasteiger partial charge in [-0.1, -0.05) is 24.3 Å². The average Bonchev–Trinajstić information content (AvgIpc) is 2.46. The molecule has 0 aromatic heterocycles. The summed E-state index contributed by atoms with van der Waals surface area (Å²) in [6.45, 7) is 0.827. The second-order valence-corrected chi connectivity index (χ2v) is 6.42. The van der Waals surface area contributed by atoms with E-state index in [4.69, 9.17) is 16.3 Å². The van der Waals surface area contributed by atoms with Gasteiger partial charge in [-0.3, -0.25) is 0 Å². The first-order valence-electron chi connectivity index (χ1n) is 6.39. The molecule has 2 aromatic carbocycles. The lowest BCUT2D eigenvalue weighted by Gasteiger charge is -2.19. The van der Waals surface area contributed by atoms with Crippen molar-refractivity contribution in [3.8, 4) is 5.75 Å². The summed E-state index contributed by atoms with van der Waals surface area (Å²) >= 11 is 8.92. The number of ether oxygens (including phenoxy) is 1. The fraction of sp³-hybridized carbons (Fsp3) is 0.250. The molecule has 98 valence electrons. The number of hydrogen-bond acceptors (Lipinski definition) is 1. The minimum Gasteiger partial charge on any atom is -0.493 e. The van der Waals surface area contributed by atoms with Crippen LogP contribution in [0.2, 0.25) is 0 Å². The standard InChI is InChI=1S/C16H14ClIO/c17-16(12-3-1-5-14(18)10-12)13-6-7-15-11(9-13)4-2-8-19-15/h1,3,5-7,9-10,16H,2,4,8H2. The number of rotatable bonds is 2. The van der Waals surface area contributed by atoms with Crippen LogP contribution < -0.4 is 4.74 Å². The maximum atomic E-state index is 6.60. The van der Waals surface area contributed by atoms with Crippen molar-refractivity contribution in [2.45, 2.75) is 18.2 Å². The lowest BCUT2D eigenvalue weighted by molar-refractivity contribution is 0.288. The topological polar surface area (TPSA) is 9.23 Å². The average molecular weight is 385 g/mol. The van der Waals surface area contributed by atoms with Crippen LogP contribution in [0.4, 0.5) is 0 Å². The first kappa shape index (κ1) is 13.3. The number of halogens is 2. The van der Waals surface area contributed by atoms with E-state index in [1.165, 1.54) is 9.13 Å². The van der Waals surface area contributed by atoms with E-state index in [1.807, 2.05) is 12.1 Å². The molecule has 0 aliphatic carbocycles. The van der Waals surface area contributed by atoms with Crippen molar-refractivity contribution in [1.29, 1.82) is 0 Å². The van der Waals surface area contributed by atoms with Gasteiger partial charge in [0.2, 0.25) is 0 Å². The van der Waals surface area contributed by atoms with E-state index in [-0.39, 0.29) is 5.38 Å². The number of hydrogen-bond donors (Lipinski definition) is 0. The van der Waals surface area contributed by atoms with Gasteiger partial charge >= 0.3 is 0 Å². The minimum absolute atomic E-state index is 0.0954.